The predicted octanol–water partition coefficient (Wildman–Crippen LogP) is 5.42. The van der Waals surface area contributed by atoms with Gasteiger partial charge in [0.25, 0.3) is 20.2 Å². The lowest BCUT2D eigenvalue weighted by molar-refractivity contribution is -0.438. The van der Waals surface area contributed by atoms with E-state index in [0.29, 0.717) is 48.9 Å². The number of nitrogens with one attached hydrogen (secondary N) is 1. The maximum Gasteiger partial charge on any atom is 0.490 e. The van der Waals surface area contributed by atoms with Gasteiger partial charge in [-0.05, 0) is 75.6 Å². The van der Waals surface area contributed by atoms with Gasteiger partial charge in [0.05, 0.1) is 45.4 Å². The number of aromatic nitrogens is 3. The fourth-order valence-electron chi connectivity index (χ4n) is 9.60. The quantitative estimate of drug-likeness (QED) is 0.0126. The SMILES string of the molecule is CCN1/C(=C/C=C/C=C/C2=[N+](CCCCCC(=O)NCC#Cc3cn([C@H]4CC(O)[C@@H](COP(=O)(O)OP(=O)(O)OP(=O)(O)O)O4)c4ncnc(N)c34)c3ccc(S(=O)(=O)O)cc3C2(C)C)C(C)(C)c2cc(S(=O)(=O)O)ccc21. The number of hydrogen-bond donors (Lipinski definition) is 9. The van der Waals surface area contributed by atoms with Crippen molar-refractivity contribution >= 4 is 83.5 Å². The molecule has 26 nitrogen and oxygen atoms in total. The Morgan fingerprint density at radius 2 is 1.60 bits per heavy atom. The molecule has 0 spiro atoms. The van der Waals surface area contributed by atoms with Crippen molar-refractivity contribution in [3.05, 3.63) is 102 Å². The molecule has 7 rings (SSSR count). The highest BCUT2D eigenvalue weighted by molar-refractivity contribution is 7.86. The number of hydrogen-bond acceptors (Lipinski definition) is 17. The number of carbonyl (C=O) groups is 1. The minimum atomic E-state index is -5.77. The number of phosphoric ester groups is 1. The maximum absolute atomic E-state index is 12.9. The second-order valence-electron chi connectivity index (χ2n) is 19.3. The summed E-state index contributed by atoms with van der Waals surface area (Å²) in [6.07, 6.45) is 10.4. The number of anilines is 2. The number of phosphoric acid groups is 3. The van der Waals surface area contributed by atoms with Crippen LogP contribution in [0.1, 0.15) is 89.6 Å². The highest BCUT2D eigenvalue weighted by Crippen LogP contribution is 2.66. The molecule has 3 aliphatic rings. The Bertz CT molecular complexity index is 3600. The van der Waals surface area contributed by atoms with Crippen LogP contribution in [0.2, 0.25) is 0 Å². The number of nitrogen functional groups attached to an aromatic ring is 1. The van der Waals surface area contributed by atoms with Gasteiger partial charge in [-0.15, -0.1) is 0 Å². The van der Waals surface area contributed by atoms with Gasteiger partial charge in [-0.25, -0.2) is 23.7 Å². The zero-order valence-corrected chi connectivity index (χ0v) is 46.9. The number of aliphatic hydroxyl groups is 1. The minimum Gasteiger partial charge on any atom is -0.390 e. The van der Waals surface area contributed by atoms with Crippen LogP contribution in [0.4, 0.5) is 17.2 Å². The number of amides is 1. The molecule has 5 atom stereocenters. The monoisotopic (exact) mass is 1180 g/mol. The number of ether oxygens (including phenoxy) is 1. The van der Waals surface area contributed by atoms with E-state index in [9.17, 15) is 59.3 Å². The third-order valence-electron chi connectivity index (χ3n) is 13.2. The fourth-order valence-corrected chi connectivity index (χ4v) is 13.6. The molecule has 2 aromatic carbocycles. The number of benzene rings is 2. The van der Waals surface area contributed by atoms with E-state index in [0.717, 1.165) is 28.3 Å². The Kier molecular flexibility index (Phi) is 17.9. The highest BCUT2D eigenvalue weighted by Gasteiger charge is 2.46. The van der Waals surface area contributed by atoms with Crippen LogP contribution in [0, 0.1) is 11.8 Å². The minimum absolute atomic E-state index is 0.0490. The third kappa shape index (κ3) is 13.8. The summed E-state index contributed by atoms with van der Waals surface area (Å²) in [5, 5.41) is 13.8. The Morgan fingerprint density at radius 3 is 2.27 bits per heavy atom. The molecular formula is C47H59N7O19P3S2+. The van der Waals surface area contributed by atoms with E-state index in [2.05, 4.69) is 49.7 Å². The van der Waals surface area contributed by atoms with Crippen LogP contribution >= 0.6 is 23.5 Å². The molecule has 31 heteroatoms. The van der Waals surface area contributed by atoms with Gasteiger partial charge in [0.1, 0.15) is 36.7 Å². The standard InChI is InChI=1S/C47H58N7O19P3S2/c1-6-52-35-20-18-31(77(64,65)66)24-33(35)46(2,3)39(52)15-9-7-10-16-40-47(4,5)34-25-32(78(67,68)69)19-21-36(34)53(40)23-12-8-11-17-41(56)49-22-13-14-30-27-54(45-43(30)44(48)50-29-51-45)42-26-37(55)38(71-42)28-70-75(60,61)73-76(62,63)72-74(57,58)59/h7,9-10,15-16,18-21,24-25,27,29,37-38,42,55H,6,8,11-12,17,22-23,26,28H2,1-5H3,(H8-,48,49,50,51,56,57,58,59,60,61,62,63,64,65,66,67,68,69)/p+1/t37?,38-,42-/m1/s1. The van der Waals surface area contributed by atoms with E-state index < -0.39 is 79.6 Å². The topological polar surface area (TPSA) is 390 Å². The Labute approximate surface area is 449 Å². The Balaban J connectivity index is 0.966. The Morgan fingerprint density at radius 1 is 0.923 bits per heavy atom. The van der Waals surface area contributed by atoms with Crippen LogP contribution in [0.25, 0.3) is 11.0 Å². The van der Waals surface area contributed by atoms with Crippen molar-refractivity contribution in [2.24, 2.45) is 0 Å². The van der Waals surface area contributed by atoms with Gasteiger partial charge in [-0.1, -0.05) is 43.9 Å². The number of aliphatic hydroxyl groups excluding tert-OH is 1. The first-order valence-electron chi connectivity index (χ1n) is 23.9. The first kappa shape index (κ1) is 60.4. The van der Waals surface area contributed by atoms with Crippen molar-refractivity contribution in [3.8, 4) is 11.8 Å². The molecule has 1 saturated heterocycles. The second-order valence-corrected chi connectivity index (χ2v) is 26.5. The summed E-state index contributed by atoms with van der Waals surface area (Å²) in [5.41, 5.74) is 10.3. The predicted molar refractivity (Wildman–Crippen MR) is 282 cm³/mol. The van der Waals surface area contributed by atoms with E-state index >= 15 is 0 Å². The maximum atomic E-state index is 12.9. The van der Waals surface area contributed by atoms with Crippen LogP contribution in [-0.2, 0) is 67.4 Å². The molecule has 0 bridgehead atoms. The van der Waals surface area contributed by atoms with Gasteiger partial charge in [-0.2, -0.15) is 30.0 Å². The van der Waals surface area contributed by atoms with Crippen molar-refractivity contribution in [1.29, 1.82) is 0 Å². The zero-order valence-electron chi connectivity index (χ0n) is 42.6. The average molecular weight is 1180 g/mol. The lowest BCUT2D eigenvalue weighted by atomic mass is 9.81. The van der Waals surface area contributed by atoms with Gasteiger partial charge < -0.3 is 49.9 Å². The van der Waals surface area contributed by atoms with Crippen molar-refractivity contribution in [2.45, 2.75) is 106 Å². The molecule has 5 heterocycles. The number of rotatable bonds is 21. The smallest absolute Gasteiger partial charge is 0.390 e. The Hall–Kier alpha value is -5.27. The normalized spacial score (nSPS) is 21.3. The van der Waals surface area contributed by atoms with Gasteiger partial charge in [0.15, 0.2) is 5.71 Å². The largest absolute Gasteiger partial charge is 0.490 e. The zero-order chi connectivity index (χ0) is 57.4. The average Bonchev–Trinajstić information content (AvgIpc) is 4.05. The van der Waals surface area contributed by atoms with Crippen molar-refractivity contribution < 1.29 is 91.6 Å². The first-order chi connectivity index (χ1) is 36.2. The van der Waals surface area contributed by atoms with Crippen LogP contribution in [0.5, 0.6) is 0 Å². The fraction of sp³-hybridized carbons (Fsp3) is 0.404. The molecule has 0 aliphatic carbocycles. The van der Waals surface area contributed by atoms with Gasteiger partial charge in [0, 0.05) is 66.5 Å². The molecule has 2 aromatic heterocycles. The molecule has 10 N–H and O–H groups in total. The lowest BCUT2D eigenvalue weighted by Gasteiger charge is -2.25. The number of carbonyl (C=O) groups excluding carboxylic acids is 1. The van der Waals surface area contributed by atoms with Gasteiger partial charge in [0.2, 0.25) is 11.6 Å². The van der Waals surface area contributed by atoms with E-state index in [1.54, 1.807) is 12.1 Å². The van der Waals surface area contributed by atoms with Gasteiger partial charge >= 0.3 is 23.5 Å². The first-order valence-corrected chi connectivity index (χ1v) is 31.3. The molecular weight excluding hydrogens is 1120 g/mol. The van der Waals surface area contributed by atoms with E-state index in [1.165, 1.54) is 41.4 Å². The molecule has 0 saturated carbocycles. The van der Waals surface area contributed by atoms with Crippen LogP contribution < -0.4 is 16.0 Å². The molecule has 1 amide bonds. The molecule has 78 heavy (non-hydrogen) atoms. The summed E-state index contributed by atoms with van der Waals surface area (Å²) < 4.78 is 124. The summed E-state index contributed by atoms with van der Waals surface area (Å²) in [6.45, 7) is 10.0. The van der Waals surface area contributed by atoms with E-state index in [4.69, 9.17) is 20.3 Å². The third-order valence-corrected chi connectivity index (χ3v) is 18.7. The number of nitrogens with two attached hydrogens (primary N) is 1. The van der Waals surface area contributed by atoms with Gasteiger partial charge in [-0.3, -0.25) is 18.4 Å². The molecule has 3 aliphatic heterocycles. The van der Waals surface area contributed by atoms with E-state index in [1.807, 2.05) is 65.0 Å². The second kappa shape index (κ2) is 23.1. The summed E-state index contributed by atoms with van der Waals surface area (Å²) in [4.78, 5) is 59.7. The van der Waals surface area contributed by atoms with Crippen molar-refractivity contribution in [1.82, 2.24) is 19.9 Å². The highest BCUT2D eigenvalue weighted by atomic mass is 32.2. The molecule has 3 unspecified atom stereocenters. The summed E-state index contributed by atoms with van der Waals surface area (Å²) in [7, 11) is -25.8. The molecule has 0 radical (unpaired) electrons. The van der Waals surface area contributed by atoms with Crippen molar-refractivity contribution in [3.63, 3.8) is 0 Å². The number of nitrogens with zero attached hydrogens (tertiary/aromatic N) is 5. The molecule has 422 valence electrons. The van der Waals surface area contributed by atoms with Crippen molar-refractivity contribution in [2.75, 3.05) is 36.9 Å². The van der Waals surface area contributed by atoms with Crippen LogP contribution in [0.15, 0.2) is 94.8 Å². The summed E-state index contributed by atoms with van der Waals surface area (Å²) in [5.74, 6) is 5.60. The number of allylic oxidation sites excluding steroid dienone is 6. The number of likely N-dealkylation sites (N-methyl/N-ethyl adjacent to an activating group) is 1. The molecule has 1 fully saturated rings. The summed E-state index contributed by atoms with van der Waals surface area (Å²) in [6, 6.07) is 9.07. The molecule has 4 aromatic rings. The van der Waals surface area contributed by atoms with Crippen LogP contribution in [0.3, 0.4) is 0 Å². The number of unbranched alkanes of at least 4 members (excludes halogenated alkanes) is 2. The number of fused-ring (bicyclic) bond motifs is 3. The van der Waals surface area contributed by atoms with Crippen LogP contribution in [-0.4, -0.2) is 120 Å². The van der Waals surface area contributed by atoms with E-state index in [-0.39, 0.29) is 46.5 Å². The lowest BCUT2D eigenvalue weighted by Crippen LogP contribution is -2.28. The summed E-state index contributed by atoms with van der Waals surface area (Å²) >= 11 is 0.